The molecule has 1 amide bonds. The summed E-state index contributed by atoms with van der Waals surface area (Å²) in [5.74, 6) is 2.76. The molecule has 0 unspecified atom stereocenters. The van der Waals surface area contributed by atoms with Gasteiger partial charge in [-0.1, -0.05) is 30.3 Å². The Morgan fingerprint density at radius 2 is 1.69 bits per heavy atom. The van der Waals surface area contributed by atoms with E-state index in [-0.39, 0.29) is 11.9 Å². The van der Waals surface area contributed by atoms with Crippen LogP contribution < -0.4 is 5.32 Å². The lowest BCUT2D eigenvalue weighted by molar-refractivity contribution is -0.0688. The zero-order valence-electron chi connectivity index (χ0n) is 17.9. The number of amides is 1. The zero-order valence-corrected chi connectivity index (χ0v) is 17.9. The van der Waals surface area contributed by atoms with Crippen molar-refractivity contribution in [2.45, 2.75) is 71.9 Å². The van der Waals surface area contributed by atoms with Gasteiger partial charge in [0.25, 0.3) is 5.91 Å². The third kappa shape index (κ3) is 3.31. The first-order valence-corrected chi connectivity index (χ1v) is 11.3. The SMILES string of the molecule is Cc1nn(Cc2ccccc2)c(C)c1C(=O)N[C@@H](C)C12CC3CC(CC(C3)C1)C2. The fourth-order valence-corrected chi connectivity index (χ4v) is 7.07. The Bertz CT molecular complexity index is 878. The van der Waals surface area contributed by atoms with Crippen LogP contribution >= 0.6 is 0 Å². The summed E-state index contributed by atoms with van der Waals surface area (Å²) in [5, 5.41) is 8.10. The summed E-state index contributed by atoms with van der Waals surface area (Å²) in [7, 11) is 0. The maximum Gasteiger partial charge on any atom is 0.255 e. The second-order valence-corrected chi connectivity index (χ2v) is 10.2. The molecule has 4 saturated carbocycles. The molecule has 4 aliphatic carbocycles. The number of aryl methyl sites for hydroxylation is 1. The molecule has 4 fully saturated rings. The van der Waals surface area contributed by atoms with Gasteiger partial charge in [-0.05, 0) is 88.0 Å². The highest BCUT2D eigenvalue weighted by Crippen LogP contribution is 2.61. The van der Waals surface area contributed by atoms with Crippen LogP contribution in [-0.4, -0.2) is 21.7 Å². The lowest BCUT2D eigenvalue weighted by atomic mass is 9.48. The van der Waals surface area contributed by atoms with Gasteiger partial charge in [-0.15, -0.1) is 0 Å². The van der Waals surface area contributed by atoms with E-state index >= 15 is 0 Å². The summed E-state index contributed by atoms with van der Waals surface area (Å²) < 4.78 is 1.97. The van der Waals surface area contributed by atoms with Gasteiger partial charge in [0.05, 0.1) is 17.8 Å². The average Bonchev–Trinajstić information content (AvgIpc) is 2.94. The molecule has 1 aromatic heterocycles. The second-order valence-electron chi connectivity index (χ2n) is 10.2. The molecule has 154 valence electrons. The topological polar surface area (TPSA) is 46.9 Å². The standard InChI is InChI=1S/C25H33N3O/c1-16-23(17(2)28(27-16)15-19-7-5-4-6-8-19)24(29)26-18(3)25-12-20-9-21(13-25)11-22(10-20)14-25/h4-8,18,20-22H,9-15H2,1-3H3,(H,26,29)/t18-,20?,21?,22?,25?/m0/s1. The molecule has 0 saturated heterocycles. The number of carbonyl (C=O) groups excluding carboxylic acids is 1. The molecule has 1 aromatic carbocycles. The highest BCUT2D eigenvalue weighted by molar-refractivity contribution is 5.96. The minimum Gasteiger partial charge on any atom is -0.349 e. The predicted molar refractivity (Wildman–Crippen MR) is 115 cm³/mol. The Morgan fingerprint density at radius 1 is 1.10 bits per heavy atom. The fraction of sp³-hybridized carbons (Fsp3) is 0.600. The van der Waals surface area contributed by atoms with E-state index in [1.807, 2.05) is 36.7 Å². The molecule has 6 rings (SSSR count). The molecule has 4 nitrogen and oxygen atoms in total. The van der Waals surface area contributed by atoms with E-state index in [1.165, 1.54) is 44.1 Å². The van der Waals surface area contributed by atoms with Crippen molar-refractivity contribution < 1.29 is 4.79 Å². The highest BCUT2D eigenvalue weighted by atomic mass is 16.1. The predicted octanol–water partition coefficient (Wildman–Crippen LogP) is 4.88. The minimum absolute atomic E-state index is 0.0579. The second kappa shape index (κ2) is 7.00. The Balaban J connectivity index is 1.33. The summed E-state index contributed by atoms with van der Waals surface area (Å²) in [6, 6.07) is 10.6. The van der Waals surface area contributed by atoms with Gasteiger partial charge >= 0.3 is 0 Å². The third-order valence-electron chi connectivity index (χ3n) is 8.14. The maximum absolute atomic E-state index is 13.3. The van der Waals surface area contributed by atoms with Crippen molar-refractivity contribution in [2.24, 2.45) is 23.2 Å². The first-order chi connectivity index (χ1) is 13.9. The number of nitrogens with one attached hydrogen (secondary N) is 1. The van der Waals surface area contributed by atoms with Crippen molar-refractivity contribution in [1.82, 2.24) is 15.1 Å². The number of benzene rings is 1. The number of carbonyl (C=O) groups is 1. The number of nitrogens with zero attached hydrogens (tertiary/aromatic N) is 2. The van der Waals surface area contributed by atoms with Crippen LogP contribution in [0.5, 0.6) is 0 Å². The molecule has 4 bridgehead atoms. The minimum atomic E-state index is 0.0579. The maximum atomic E-state index is 13.3. The molecule has 1 N–H and O–H groups in total. The smallest absolute Gasteiger partial charge is 0.255 e. The summed E-state index contributed by atoms with van der Waals surface area (Å²) >= 11 is 0. The molecule has 0 spiro atoms. The summed E-state index contributed by atoms with van der Waals surface area (Å²) in [4.78, 5) is 13.3. The van der Waals surface area contributed by atoms with Gasteiger partial charge < -0.3 is 5.32 Å². The monoisotopic (exact) mass is 391 g/mol. The summed E-state index contributed by atoms with van der Waals surface area (Å²) in [5.41, 5.74) is 4.08. The van der Waals surface area contributed by atoms with Crippen LogP contribution in [-0.2, 0) is 6.54 Å². The molecule has 0 radical (unpaired) electrons. The number of hydrogen-bond acceptors (Lipinski definition) is 2. The molecule has 2 aromatic rings. The summed E-state index contributed by atoms with van der Waals surface area (Å²) in [6.45, 7) is 6.93. The van der Waals surface area contributed by atoms with E-state index in [1.54, 1.807) is 0 Å². The Hall–Kier alpha value is -2.10. The van der Waals surface area contributed by atoms with Crippen LogP contribution in [0.3, 0.4) is 0 Å². The Morgan fingerprint density at radius 3 is 2.28 bits per heavy atom. The van der Waals surface area contributed by atoms with E-state index in [4.69, 9.17) is 0 Å². The Labute approximate surface area is 174 Å². The quantitative estimate of drug-likeness (QED) is 0.789. The van der Waals surface area contributed by atoms with Crippen molar-refractivity contribution >= 4 is 5.91 Å². The fourth-order valence-electron chi connectivity index (χ4n) is 7.07. The van der Waals surface area contributed by atoms with Crippen LogP contribution in [0.4, 0.5) is 0 Å². The van der Waals surface area contributed by atoms with Gasteiger partial charge in [0.15, 0.2) is 0 Å². The largest absolute Gasteiger partial charge is 0.349 e. The molecule has 4 heteroatoms. The van der Waals surface area contributed by atoms with Crippen molar-refractivity contribution in [1.29, 1.82) is 0 Å². The van der Waals surface area contributed by atoms with Gasteiger partial charge in [-0.25, -0.2) is 0 Å². The van der Waals surface area contributed by atoms with Crippen LogP contribution in [0.1, 0.15) is 72.8 Å². The van der Waals surface area contributed by atoms with E-state index in [9.17, 15) is 4.79 Å². The van der Waals surface area contributed by atoms with E-state index in [2.05, 4.69) is 29.5 Å². The Kier molecular flexibility index (Phi) is 4.56. The highest BCUT2D eigenvalue weighted by Gasteiger charge is 2.53. The molecule has 1 atom stereocenters. The van der Waals surface area contributed by atoms with Crippen LogP contribution in [0.2, 0.25) is 0 Å². The van der Waals surface area contributed by atoms with Gasteiger partial charge in [-0.2, -0.15) is 5.10 Å². The van der Waals surface area contributed by atoms with Gasteiger partial charge in [-0.3, -0.25) is 9.48 Å². The number of aromatic nitrogens is 2. The van der Waals surface area contributed by atoms with Gasteiger partial charge in [0.1, 0.15) is 0 Å². The third-order valence-corrected chi connectivity index (χ3v) is 8.14. The number of rotatable bonds is 5. The van der Waals surface area contributed by atoms with Gasteiger partial charge in [0.2, 0.25) is 0 Å². The molecular formula is C25H33N3O. The first kappa shape index (κ1) is 18.9. The lowest BCUT2D eigenvalue weighted by Gasteiger charge is -2.59. The van der Waals surface area contributed by atoms with Crippen LogP contribution in [0.15, 0.2) is 30.3 Å². The average molecular weight is 392 g/mol. The number of hydrogen-bond donors (Lipinski definition) is 1. The summed E-state index contributed by atoms with van der Waals surface area (Å²) in [6.07, 6.45) is 8.24. The molecular weight excluding hydrogens is 358 g/mol. The van der Waals surface area contributed by atoms with E-state index in [0.717, 1.165) is 34.7 Å². The lowest BCUT2D eigenvalue weighted by Crippen LogP contribution is -2.55. The van der Waals surface area contributed by atoms with E-state index in [0.29, 0.717) is 12.0 Å². The van der Waals surface area contributed by atoms with E-state index < -0.39 is 0 Å². The van der Waals surface area contributed by atoms with Crippen molar-refractivity contribution in [3.63, 3.8) is 0 Å². The van der Waals surface area contributed by atoms with Crippen molar-refractivity contribution in [2.75, 3.05) is 0 Å². The van der Waals surface area contributed by atoms with Crippen molar-refractivity contribution in [3.05, 3.63) is 52.8 Å². The van der Waals surface area contributed by atoms with Crippen LogP contribution in [0, 0.1) is 37.0 Å². The molecule has 29 heavy (non-hydrogen) atoms. The molecule has 1 heterocycles. The first-order valence-electron chi connectivity index (χ1n) is 11.3. The normalized spacial score (nSPS) is 31.1. The van der Waals surface area contributed by atoms with Crippen LogP contribution in [0.25, 0.3) is 0 Å². The van der Waals surface area contributed by atoms with Crippen molar-refractivity contribution in [3.8, 4) is 0 Å². The molecule has 4 aliphatic rings. The molecule has 0 aliphatic heterocycles. The van der Waals surface area contributed by atoms with Gasteiger partial charge in [0, 0.05) is 11.7 Å². The zero-order chi connectivity index (χ0) is 20.2.